The van der Waals surface area contributed by atoms with Crippen molar-refractivity contribution < 1.29 is 4.79 Å². The summed E-state index contributed by atoms with van der Waals surface area (Å²) in [4.78, 5) is 11.9. The molecule has 0 saturated heterocycles. The van der Waals surface area contributed by atoms with Gasteiger partial charge in [0.2, 0.25) is 5.91 Å². The topological polar surface area (TPSA) is 88.7 Å². The monoisotopic (exact) mass is 412 g/mol. The minimum absolute atomic E-state index is 0.196. The van der Waals surface area contributed by atoms with Gasteiger partial charge in [-0.25, -0.2) is 0 Å². The van der Waals surface area contributed by atoms with Crippen LogP contribution in [0.25, 0.3) is 0 Å². The molecule has 0 radical (unpaired) electrons. The van der Waals surface area contributed by atoms with E-state index in [2.05, 4.69) is 22.8 Å². The second-order valence-corrected chi connectivity index (χ2v) is 8.15. The number of rotatable bonds is 5. The number of carbonyl (C=O) groups is 1. The van der Waals surface area contributed by atoms with Crippen molar-refractivity contribution in [2.45, 2.75) is 37.9 Å². The van der Waals surface area contributed by atoms with Gasteiger partial charge in [-0.05, 0) is 18.4 Å². The largest absolute Gasteiger partial charge is 0.335 e. The number of amides is 1. The van der Waals surface area contributed by atoms with Gasteiger partial charge in [-0.2, -0.15) is 10.5 Å². The van der Waals surface area contributed by atoms with Gasteiger partial charge in [-0.3, -0.25) is 4.79 Å². The highest BCUT2D eigenvalue weighted by atomic mass is 35.5. The van der Waals surface area contributed by atoms with E-state index in [-0.39, 0.29) is 11.8 Å². The van der Waals surface area contributed by atoms with Gasteiger partial charge in [-0.15, -0.1) is 23.4 Å². The summed E-state index contributed by atoms with van der Waals surface area (Å²) < 4.78 is 0. The van der Waals surface area contributed by atoms with Crippen LogP contribution in [0, 0.1) is 28.1 Å². The number of benzene rings is 1. The second-order valence-electron chi connectivity index (χ2n) is 6.90. The number of alkyl halides is 1. The first-order valence-corrected chi connectivity index (χ1v) is 10.8. The van der Waals surface area contributed by atoms with Crippen molar-refractivity contribution in [2.24, 2.45) is 5.41 Å². The number of carbonyl (C=O) groups excluding carboxylic acids is 1. The summed E-state index contributed by atoms with van der Waals surface area (Å²) in [5.74, 6) is 0.474. The molecule has 1 aliphatic carbocycles. The maximum absolute atomic E-state index is 11.9. The van der Waals surface area contributed by atoms with Crippen LogP contribution in [0.5, 0.6) is 0 Å². The summed E-state index contributed by atoms with van der Waals surface area (Å²) in [6.07, 6.45) is 4.45. The average molecular weight is 413 g/mol. The lowest BCUT2D eigenvalue weighted by Gasteiger charge is -2.41. The quantitative estimate of drug-likeness (QED) is 0.704. The van der Waals surface area contributed by atoms with Gasteiger partial charge in [0.1, 0.15) is 11.7 Å². The van der Waals surface area contributed by atoms with E-state index in [0.717, 1.165) is 37.7 Å². The number of nitriles is 2. The number of hydrogen-bond acceptors (Lipinski definition) is 5. The van der Waals surface area contributed by atoms with E-state index < -0.39 is 5.41 Å². The van der Waals surface area contributed by atoms with Gasteiger partial charge in [-0.1, -0.05) is 49.6 Å². The van der Waals surface area contributed by atoms with Crippen LogP contribution in [0.15, 0.2) is 52.3 Å². The third-order valence-corrected chi connectivity index (χ3v) is 6.53. The van der Waals surface area contributed by atoms with Gasteiger partial charge >= 0.3 is 0 Å². The molecule has 144 valence electrons. The van der Waals surface area contributed by atoms with Crippen LogP contribution in [0.2, 0.25) is 0 Å². The third kappa shape index (κ3) is 4.04. The van der Waals surface area contributed by atoms with Gasteiger partial charge in [0, 0.05) is 11.2 Å². The van der Waals surface area contributed by atoms with Crippen molar-refractivity contribution in [1.29, 1.82) is 10.5 Å². The van der Waals surface area contributed by atoms with Gasteiger partial charge in [0.05, 0.1) is 28.3 Å². The summed E-state index contributed by atoms with van der Waals surface area (Å²) >= 11 is 7.18. The number of halogens is 1. The van der Waals surface area contributed by atoms with Crippen LogP contribution in [-0.4, -0.2) is 11.8 Å². The molecule has 0 unspecified atom stereocenters. The molecule has 1 fully saturated rings. The predicted octanol–water partition coefficient (Wildman–Crippen LogP) is 4.30. The number of nitrogens with one attached hydrogen (secondary N) is 2. The minimum Gasteiger partial charge on any atom is -0.335 e. The molecule has 28 heavy (non-hydrogen) atoms. The summed E-state index contributed by atoms with van der Waals surface area (Å²) in [5, 5.41) is 26.5. The Bertz CT molecular complexity index is 889. The van der Waals surface area contributed by atoms with Gasteiger partial charge in [0.25, 0.3) is 0 Å². The van der Waals surface area contributed by atoms with Crippen molar-refractivity contribution in [1.82, 2.24) is 10.6 Å². The molecule has 1 heterocycles. The predicted molar refractivity (Wildman–Crippen MR) is 111 cm³/mol. The van der Waals surface area contributed by atoms with Gasteiger partial charge in [0.15, 0.2) is 0 Å². The molecule has 7 heteroatoms. The van der Waals surface area contributed by atoms with E-state index in [0.29, 0.717) is 27.7 Å². The maximum atomic E-state index is 11.9. The standard InChI is InChI=1S/C21H21ClN4OS/c22-11-18(27)25-19-16(12-23)21(9-5-2-6-10-21)17(13-24)20(26-19)28-14-15-7-3-1-4-8-15/h1,3-4,7-8,26H,2,5-6,9-11,14H2,(H,25,27). The Kier molecular flexibility index (Phi) is 6.67. The zero-order chi connectivity index (χ0) is 20.0. The fourth-order valence-electron chi connectivity index (χ4n) is 3.90. The number of nitrogens with zero attached hydrogens (tertiary/aromatic N) is 2. The molecule has 1 saturated carbocycles. The highest BCUT2D eigenvalue weighted by molar-refractivity contribution is 8.02. The highest BCUT2D eigenvalue weighted by Gasteiger charge is 2.46. The molecule has 1 amide bonds. The smallest absolute Gasteiger partial charge is 0.240 e. The third-order valence-electron chi connectivity index (χ3n) is 5.22. The van der Waals surface area contributed by atoms with Crippen LogP contribution in [0.4, 0.5) is 0 Å². The molecule has 0 atom stereocenters. The Morgan fingerprint density at radius 2 is 1.82 bits per heavy atom. The van der Waals surface area contributed by atoms with Crippen molar-refractivity contribution in [3.63, 3.8) is 0 Å². The summed E-state index contributed by atoms with van der Waals surface area (Å²) in [5.41, 5.74) is 1.54. The Hall–Kier alpha value is -2.41. The minimum atomic E-state index is -0.638. The van der Waals surface area contributed by atoms with Crippen molar-refractivity contribution >= 4 is 29.3 Å². The summed E-state index contributed by atoms with van der Waals surface area (Å²) in [6.45, 7) is 0. The van der Waals surface area contributed by atoms with Crippen LogP contribution in [0.3, 0.4) is 0 Å². The van der Waals surface area contributed by atoms with Crippen LogP contribution in [0.1, 0.15) is 37.7 Å². The number of thioether (sulfide) groups is 1. The Morgan fingerprint density at radius 3 is 2.43 bits per heavy atom. The zero-order valence-electron chi connectivity index (χ0n) is 15.4. The molecule has 1 aromatic rings. The first-order valence-electron chi connectivity index (χ1n) is 9.24. The molecule has 0 aromatic heterocycles. The molecule has 5 nitrogen and oxygen atoms in total. The summed E-state index contributed by atoms with van der Waals surface area (Å²) in [7, 11) is 0. The van der Waals surface area contributed by atoms with Crippen molar-refractivity contribution in [3.8, 4) is 12.1 Å². The average Bonchev–Trinajstić information content (AvgIpc) is 2.73. The van der Waals surface area contributed by atoms with Gasteiger partial charge < -0.3 is 10.6 Å². The zero-order valence-corrected chi connectivity index (χ0v) is 17.0. The van der Waals surface area contributed by atoms with E-state index in [1.165, 1.54) is 11.8 Å². The number of hydrogen-bond donors (Lipinski definition) is 2. The molecule has 2 aliphatic rings. The fraction of sp³-hybridized carbons (Fsp3) is 0.381. The first-order chi connectivity index (χ1) is 13.6. The molecule has 1 spiro atoms. The highest BCUT2D eigenvalue weighted by Crippen LogP contribution is 2.52. The van der Waals surface area contributed by atoms with Crippen molar-refractivity contribution in [3.05, 3.63) is 57.9 Å². The van der Waals surface area contributed by atoms with Crippen LogP contribution < -0.4 is 10.6 Å². The maximum Gasteiger partial charge on any atom is 0.240 e. The van der Waals surface area contributed by atoms with E-state index in [9.17, 15) is 15.3 Å². The van der Waals surface area contributed by atoms with Crippen LogP contribution in [-0.2, 0) is 10.5 Å². The van der Waals surface area contributed by atoms with E-state index >= 15 is 0 Å². The molecular weight excluding hydrogens is 392 g/mol. The lowest BCUT2D eigenvalue weighted by atomic mass is 9.64. The second kappa shape index (κ2) is 9.19. The fourth-order valence-corrected chi connectivity index (χ4v) is 5.03. The summed E-state index contributed by atoms with van der Waals surface area (Å²) in [6, 6.07) is 14.6. The lowest BCUT2D eigenvalue weighted by molar-refractivity contribution is -0.118. The molecule has 1 aliphatic heterocycles. The molecule has 0 bridgehead atoms. The van der Waals surface area contributed by atoms with Crippen LogP contribution >= 0.6 is 23.4 Å². The molecule has 3 rings (SSSR count). The van der Waals surface area contributed by atoms with E-state index in [4.69, 9.17) is 11.6 Å². The van der Waals surface area contributed by atoms with Crippen molar-refractivity contribution in [2.75, 3.05) is 5.88 Å². The Balaban J connectivity index is 2.00. The van der Waals surface area contributed by atoms with E-state index in [1.807, 2.05) is 30.3 Å². The number of allylic oxidation sites excluding steroid dienone is 2. The Labute approximate surface area is 174 Å². The van der Waals surface area contributed by atoms with E-state index in [1.54, 1.807) is 0 Å². The Morgan fingerprint density at radius 1 is 1.14 bits per heavy atom. The molecule has 1 aromatic carbocycles. The number of dihydropyridines is 1. The molecular formula is C21H21ClN4OS. The molecule has 2 N–H and O–H groups in total. The normalized spacial score (nSPS) is 18.2. The SMILES string of the molecule is N#CC1=C(NC(=O)CCl)NC(SCc2ccccc2)=C(C#N)C12CCCCC2. The first kappa shape index (κ1) is 20.3. The lowest BCUT2D eigenvalue weighted by Crippen LogP contribution is -2.43.